The minimum atomic E-state index is 0.0302. The van der Waals surface area contributed by atoms with Crippen LogP contribution in [-0.4, -0.2) is 34.7 Å². The summed E-state index contributed by atoms with van der Waals surface area (Å²) >= 11 is 0. The van der Waals surface area contributed by atoms with Crippen LogP contribution in [0.5, 0.6) is 0 Å². The summed E-state index contributed by atoms with van der Waals surface area (Å²) in [6.07, 6.45) is 1.86. The molecule has 22 heavy (non-hydrogen) atoms. The number of aromatic nitrogens is 1. The number of amidine groups is 1. The second-order valence-corrected chi connectivity index (χ2v) is 5.74. The van der Waals surface area contributed by atoms with Crippen LogP contribution < -0.4 is 0 Å². The van der Waals surface area contributed by atoms with Crippen LogP contribution in [0.4, 0.5) is 0 Å². The molecule has 1 aromatic heterocycles. The largest absolute Gasteiger partial charge is 0.291 e. The molecule has 0 aliphatic carbocycles. The Hall–Kier alpha value is -2.23. The second-order valence-electron chi connectivity index (χ2n) is 5.74. The molecular weight excluding hydrogens is 274 g/mol. The second kappa shape index (κ2) is 5.87. The van der Waals surface area contributed by atoms with Crippen LogP contribution in [0.2, 0.25) is 0 Å². The van der Waals surface area contributed by atoms with Gasteiger partial charge < -0.3 is 0 Å². The maximum absolute atomic E-state index is 12.7. The first-order valence-electron chi connectivity index (χ1n) is 7.93. The summed E-state index contributed by atoms with van der Waals surface area (Å²) in [5.41, 5.74) is 3.51. The quantitative estimate of drug-likeness (QED) is 0.865. The van der Waals surface area contributed by atoms with Crippen LogP contribution in [0.3, 0.4) is 0 Å². The monoisotopic (exact) mass is 295 g/mol. The fraction of sp³-hybridized carbons (Fsp3) is 0.389. The number of carbonyl (C=O) groups is 1. The lowest BCUT2D eigenvalue weighted by atomic mass is 10.1. The predicted octanol–water partition coefficient (Wildman–Crippen LogP) is 3.57. The number of fused-ring (bicyclic) bond motifs is 2. The Labute approximate surface area is 130 Å². The molecule has 3 rings (SSSR count). The van der Waals surface area contributed by atoms with E-state index in [2.05, 4.69) is 24.9 Å². The van der Waals surface area contributed by atoms with Gasteiger partial charge in [-0.05, 0) is 38.0 Å². The molecular formula is C18H21N3O. The van der Waals surface area contributed by atoms with Gasteiger partial charge in [0.05, 0.1) is 11.1 Å². The van der Waals surface area contributed by atoms with E-state index in [4.69, 9.17) is 4.98 Å². The van der Waals surface area contributed by atoms with E-state index in [1.54, 1.807) is 4.90 Å². The molecule has 0 spiro atoms. The summed E-state index contributed by atoms with van der Waals surface area (Å²) < 4.78 is 0. The van der Waals surface area contributed by atoms with Gasteiger partial charge in [-0.3, -0.25) is 14.7 Å². The zero-order valence-electron chi connectivity index (χ0n) is 13.4. The minimum Gasteiger partial charge on any atom is -0.291 e. The zero-order valence-corrected chi connectivity index (χ0v) is 13.4. The van der Waals surface area contributed by atoms with Crippen molar-refractivity contribution in [3.05, 3.63) is 41.1 Å². The molecule has 1 aliphatic rings. The van der Waals surface area contributed by atoms with Crippen molar-refractivity contribution in [1.29, 1.82) is 0 Å². The minimum absolute atomic E-state index is 0.0302. The highest BCUT2D eigenvalue weighted by Gasteiger charge is 2.34. The zero-order chi connectivity index (χ0) is 15.7. The number of amides is 1. The Bertz CT molecular complexity index is 764. The maximum atomic E-state index is 12.7. The number of hydrogen-bond acceptors (Lipinski definition) is 3. The predicted molar refractivity (Wildman–Crippen MR) is 89.5 cm³/mol. The van der Waals surface area contributed by atoms with E-state index in [1.165, 1.54) is 5.56 Å². The standard InChI is InChI=1S/C18H21N3O/c1-4-8-19-17-16-14(18(22)21(17)9-5-2)11-13-10-12(3)6-7-15(13)20-16/h6-7,10-11H,4-5,8-9H2,1-3H3. The van der Waals surface area contributed by atoms with Gasteiger partial charge >= 0.3 is 0 Å². The first-order chi connectivity index (χ1) is 10.7. The van der Waals surface area contributed by atoms with Gasteiger partial charge in [0, 0.05) is 18.5 Å². The number of carbonyl (C=O) groups excluding carboxylic acids is 1. The Morgan fingerprint density at radius 2 is 2.00 bits per heavy atom. The maximum Gasteiger partial charge on any atom is 0.261 e. The van der Waals surface area contributed by atoms with Gasteiger partial charge in [-0.15, -0.1) is 0 Å². The van der Waals surface area contributed by atoms with E-state index in [-0.39, 0.29) is 5.91 Å². The number of aliphatic imine (C=N–C) groups is 1. The summed E-state index contributed by atoms with van der Waals surface area (Å²) in [4.78, 5) is 23.8. The van der Waals surface area contributed by atoms with Gasteiger partial charge in [-0.1, -0.05) is 25.5 Å². The lowest BCUT2D eigenvalue weighted by Crippen LogP contribution is -2.31. The molecule has 2 heterocycles. The highest BCUT2D eigenvalue weighted by Crippen LogP contribution is 2.26. The van der Waals surface area contributed by atoms with Crippen LogP contribution >= 0.6 is 0 Å². The third kappa shape index (κ3) is 2.39. The third-order valence-corrected chi connectivity index (χ3v) is 3.85. The Morgan fingerprint density at radius 1 is 1.18 bits per heavy atom. The van der Waals surface area contributed by atoms with Crippen molar-refractivity contribution in [2.24, 2.45) is 4.99 Å². The molecule has 1 aliphatic heterocycles. The number of benzene rings is 1. The molecule has 0 atom stereocenters. The molecule has 0 unspecified atom stereocenters. The molecule has 0 fully saturated rings. The fourth-order valence-electron chi connectivity index (χ4n) is 2.81. The number of nitrogens with zero attached hydrogens (tertiary/aromatic N) is 3. The fourth-order valence-corrected chi connectivity index (χ4v) is 2.81. The van der Waals surface area contributed by atoms with Crippen molar-refractivity contribution < 1.29 is 4.79 Å². The molecule has 4 heteroatoms. The summed E-state index contributed by atoms with van der Waals surface area (Å²) in [7, 11) is 0. The molecule has 0 N–H and O–H groups in total. The van der Waals surface area contributed by atoms with Gasteiger partial charge in [0.25, 0.3) is 5.91 Å². The number of pyridine rings is 1. The van der Waals surface area contributed by atoms with Crippen LogP contribution in [0.25, 0.3) is 10.9 Å². The summed E-state index contributed by atoms with van der Waals surface area (Å²) in [5, 5.41) is 1.01. The smallest absolute Gasteiger partial charge is 0.261 e. The van der Waals surface area contributed by atoms with Gasteiger partial charge in [0.1, 0.15) is 5.69 Å². The molecule has 114 valence electrons. The van der Waals surface area contributed by atoms with E-state index >= 15 is 0 Å². The van der Waals surface area contributed by atoms with E-state index in [0.29, 0.717) is 12.1 Å². The SMILES string of the molecule is CCCN=C1c2nc3ccc(C)cc3cc2C(=O)N1CCC. The first-order valence-corrected chi connectivity index (χ1v) is 7.93. The molecule has 0 radical (unpaired) electrons. The highest BCUT2D eigenvalue weighted by atomic mass is 16.2. The van der Waals surface area contributed by atoms with Crippen LogP contribution in [-0.2, 0) is 0 Å². The van der Waals surface area contributed by atoms with Crippen molar-refractivity contribution in [3.63, 3.8) is 0 Å². The Kier molecular flexibility index (Phi) is 3.92. The number of rotatable bonds is 4. The van der Waals surface area contributed by atoms with Gasteiger partial charge in [-0.2, -0.15) is 0 Å². The van der Waals surface area contributed by atoms with E-state index in [0.717, 1.165) is 41.8 Å². The normalized spacial score (nSPS) is 15.9. The number of aryl methyl sites for hydroxylation is 1. The summed E-state index contributed by atoms with van der Waals surface area (Å²) in [6.45, 7) is 7.61. The topological polar surface area (TPSA) is 45.6 Å². The van der Waals surface area contributed by atoms with Gasteiger partial charge in [0.15, 0.2) is 5.84 Å². The molecule has 1 aromatic carbocycles. The van der Waals surface area contributed by atoms with E-state index in [1.807, 2.05) is 25.1 Å². The Balaban J connectivity index is 2.18. The van der Waals surface area contributed by atoms with E-state index in [9.17, 15) is 4.79 Å². The van der Waals surface area contributed by atoms with Crippen molar-refractivity contribution in [2.75, 3.05) is 13.1 Å². The van der Waals surface area contributed by atoms with Crippen LogP contribution in [0.15, 0.2) is 29.3 Å². The molecule has 0 bridgehead atoms. The average Bonchev–Trinajstić information content (AvgIpc) is 2.76. The van der Waals surface area contributed by atoms with Crippen LogP contribution in [0, 0.1) is 6.92 Å². The molecule has 2 aromatic rings. The molecule has 4 nitrogen and oxygen atoms in total. The third-order valence-electron chi connectivity index (χ3n) is 3.85. The number of hydrogen-bond donors (Lipinski definition) is 0. The lowest BCUT2D eigenvalue weighted by molar-refractivity contribution is 0.0859. The highest BCUT2D eigenvalue weighted by molar-refractivity contribution is 6.23. The molecule has 0 saturated heterocycles. The van der Waals surface area contributed by atoms with E-state index < -0.39 is 0 Å². The van der Waals surface area contributed by atoms with Crippen molar-refractivity contribution in [1.82, 2.24) is 9.88 Å². The molecule has 1 amide bonds. The molecule has 0 saturated carbocycles. The summed E-state index contributed by atoms with van der Waals surface area (Å²) in [6, 6.07) is 8.09. The van der Waals surface area contributed by atoms with Crippen LogP contribution in [0.1, 0.15) is 48.3 Å². The van der Waals surface area contributed by atoms with Crippen molar-refractivity contribution in [3.8, 4) is 0 Å². The summed E-state index contributed by atoms with van der Waals surface area (Å²) in [5.74, 6) is 0.772. The van der Waals surface area contributed by atoms with Gasteiger partial charge in [-0.25, -0.2) is 4.98 Å². The lowest BCUT2D eigenvalue weighted by Gasteiger charge is -2.15. The van der Waals surface area contributed by atoms with Crippen molar-refractivity contribution in [2.45, 2.75) is 33.6 Å². The Morgan fingerprint density at radius 3 is 2.73 bits per heavy atom. The van der Waals surface area contributed by atoms with Gasteiger partial charge in [0.2, 0.25) is 0 Å². The van der Waals surface area contributed by atoms with Crippen molar-refractivity contribution >= 4 is 22.6 Å². The average molecular weight is 295 g/mol. The first kappa shape index (κ1) is 14.7.